The summed E-state index contributed by atoms with van der Waals surface area (Å²) >= 11 is 6.01. The Balaban J connectivity index is 1.46. The van der Waals surface area contributed by atoms with E-state index in [1.54, 1.807) is 35.0 Å². The molecule has 0 bridgehead atoms. The highest BCUT2D eigenvalue weighted by atomic mass is 35.5. The second-order valence-electron chi connectivity index (χ2n) is 8.40. The fraction of sp³-hybridized carbons (Fsp3) is 0.391. The third-order valence-electron chi connectivity index (χ3n) is 5.79. The van der Waals surface area contributed by atoms with Crippen LogP contribution in [-0.2, 0) is 0 Å². The molecule has 0 unspecified atom stereocenters. The highest BCUT2D eigenvalue weighted by molar-refractivity contribution is 6.30. The summed E-state index contributed by atoms with van der Waals surface area (Å²) in [5, 5.41) is 16.1. The molecule has 1 atom stereocenters. The Morgan fingerprint density at radius 2 is 2.09 bits per heavy atom. The van der Waals surface area contributed by atoms with E-state index in [4.69, 9.17) is 11.6 Å². The standard InChI is InChI=1S/C23H25ClF2N6O2/c1-14-10-27-22(29-17-5-7-23(25,26)8-6-17)31-20(14)32-11-18(28-13-32)21(34)30-19(12-33)15-3-2-4-16(24)9-15/h2-4,9-11,13,17,19,33H,5-8,12H2,1H3,(H,30,34)(H,27,29,31)/t19-/m1/s1. The van der Waals surface area contributed by atoms with E-state index < -0.39 is 17.9 Å². The molecule has 180 valence electrons. The van der Waals surface area contributed by atoms with Crippen LogP contribution in [0.15, 0.2) is 43.0 Å². The van der Waals surface area contributed by atoms with Crippen LogP contribution in [0.4, 0.5) is 14.7 Å². The van der Waals surface area contributed by atoms with Gasteiger partial charge in [0, 0.05) is 41.9 Å². The zero-order chi connectivity index (χ0) is 24.3. The van der Waals surface area contributed by atoms with Crippen molar-refractivity contribution in [3.8, 4) is 5.82 Å². The number of aliphatic hydroxyl groups excluding tert-OH is 1. The number of benzene rings is 1. The van der Waals surface area contributed by atoms with E-state index in [1.807, 2.05) is 6.92 Å². The van der Waals surface area contributed by atoms with E-state index in [-0.39, 0.29) is 31.2 Å². The van der Waals surface area contributed by atoms with E-state index >= 15 is 0 Å². The van der Waals surface area contributed by atoms with Crippen LogP contribution in [-0.4, -0.2) is 49.1 Å². The number of halogens is 3. The number of aromatic nitrogens is 4. The van der Waals surface area contributed by atoms with E-state index in [0.717, 1.165) is 5.56 Å². The molecule has 8 nitrogen and oxygen atoms in total. The van der Waals surface area contributed by atoms with Gasteiger partial charge in [0.1, 0.15) is 17.8 Å². The number of carbonyl (C=O) groups is 1. The first-order valence-electron chi connectivity index (χ1n) is 10.9. The van der Waals surface area contributed by atoms with Gasteiger partial charge in [0.05, 0.1) is 12.6 Å². The van der Waals surface area contributed by atoms with Crippen LogP contribution >= 0.6 is 11.6 Å². The quantitative estimate of drug-likeness (QED) is 0.461. The number of nitrogens with one attached hydrogen (secondary N) is 2. The Morgan fingerprint density at radius 3 is 2.79 bits per heavy atom. The van der Waals surface area contributed by atoms with Gasteiger partial charge in [-0.3, -0.25) is 9.36 Å². The molecule has 1 aromatic carbocycles. The lowest BCUT2D eigenvalue weighted by Crippen LogP contribution is -2.32. The second-order valence-corrected chi connectivity index (χ2v) is 8.84. The molecule has 34 heavy (non-hydrogen) atoms. The number of imidazole rings is 1. The van der Waals surface area contributed by atoms with E-state index in [0.29, 0.717) is 35.2 Å². The number of aliphatic hydroxyl groups is 1. The SMILES string of the molecule is Cc1cnc(NC2CCC(F)(F)CC2)nc1-n1cnc(C(=O)N[C@H](CO)c2cccc(Cl)c2)c1. The highest BCUT2D eigenvalue weighted by Gasteiger charge is 2.35. The predicted octanol–water partition coefficient (Wildman–Crippen LogP) is 4.08. The zero-order valence-corrected chi connectivity index (χ0v) is 19.3. The fourth-order valence-electron chi connectivity index (χ4n) is 3.88. The molecule has 1 aliphatic rings. The summed E-state index contributed by atoms with van der Waals surface area (Å²) in [5.41, 5.74) is 1.56. The summed E-state index contributed by atoms with van der Waals surface area (Å²) in [7, 11) is 0. The average molecular weight is 491 g/mol. The third kappa shape index (κ3) is 5.68. The van der Waals surface area contributed by atoms with Crippen LogP contribution in [0.25, 0.3) is 5.82 Å². The van der Waals surface area contributed by atoms with Crippen LogP contribution in [0.5, 0.6) is 0 Å². The average Bonchev–Trinajstić information content (AvgIpc) is 3.30. The van der Waals surface area contributed by atoms with Gasteiger partial charge in [-0.15, -0.1) is 0 Å². The summed E-state index contributed by atoms with van der Waals surface area (Å²) in [6, 6.07) is 6.12. The van der Waals surface area contributed by atoms with Crippen molar-refractivity contribution in [2.75, 3.05) is 11.9 Å². The maximum absolute atomic E-state index is 13.4. The number of rotatable bonds is 7. The topological polar surface area (TPSA) is 105 Å². The first kappa shape index (κ1) is 24.0. The summed E-state index contributed by atoms with van der Waals surface area (Å²) < 4.78 is 28.4. The Hall–Kier alpha value is -3.11. The van der Waals surface area contributed by atoms with E-state index in [2.05, 4.69) is 25.6 Å². The van der Waals surface area contributed by atoms with E-state index in [9.17, 15) is 18.7 Å². The molecule has 0 radical (unpaired) electrons. The van der Waals surface area contributed by atoms with Crippen molar-refractivity contribution in [3.63, 3.8) is 0 Å². The van der Waals surface area contributed by atoms with Crippen molar-refractivity contribution in [1.29, 1.82) is 0 Å². The maximum Gasteiger partial charge on any atom is 0.272 e. The molecule has 1 fully saturated rings. The van der Waals surface area contributed by atoms with Gasteiger partial charge in [-0.2, -0.15) is 4.98 Å². The molecule has 1 amide bonds. The van der Waals surface area contributed by atoms with Gasteiger partial charge >= 0.3 is 0 Å². The van der Waals surface area contributed by atoms with Crippen molar-refractivity contribution in [1.82, 2.24) is 24.8 Å². The predicted molar refractivity (Wildman–Crippen MR) is 123 cm³/mol. The van der Waals surface area contributed by atoms with Crippen LogP contribution in [0.1, 0.15) is 53.3 Å². The number of alkyl halides is 2. The smallest absolute Gasteiger partial charge is 0.272 e. The summed E-state index contributed by atoms with van der Waals surface area (Å²) in [6.45, 7) is 1.51. The summed E-state index contributed by atoms with van der Waals surface area (Å²) in [4.78, 5) is 25.7. The van der Waals surface area contributed by atoms with Crippen molar-refractivity contribution >= 4 is 23.5 Å². The lowest BCUT2D eigenvalue weighted by atomic mass is 9.92. The van der Waals surface area contributed by atoms with Gasteiger partial charge in [-0.1, -0.05) is 23.7 Å². The Labute approximate surface area is 200 Å². The molecule has 2 heterocycles. The monoisotopic (exact) mass is 490 g/mol. The number of amides is 1. The summed E-state index contributed by atoms with van der Waals surface area (Å²) in [6.07, 6.45) is 4.98. The Morgan fingerprint density at radius 1 is 1.32 bits per heavy atom. The molecule has 1 aliphatic carbocycles. The van der Waals surface area contributed by atoms with Crippen LogP contribution in [0, 0.1) is 6.92 Å². The minimum Gasteiger partial charge on any atom is -0.394 e. The van der Waals surface area contributed by atoms with Crippen LogP contribution in [0.3, 0.4) is 0 Å². The molecule has 0 saturated heterocycles. The van der Waals surface area contributed by atoms with Crippen molar-refractivity contribution in [2.45, 2.75) is 50.6 Å². The first-order chi connectivity index (χ1) is 16.2. The molecule has 2 aromatic heterocycles. The molecule has 3 aromatic rings. The number of hydrogen-bond donors (Lipinski definition) is 3. The lowest BCUT2D eigenvalue weighted by molar-refractivity contribution is -0.0361. The normalized spacial score (nSPS) is 16.7. The van der Waals surface area contributed by atoms with Gasteiger partial charge < -0.3 is 15.7 Å². The largest absolute Gasteiger partial charge is 0.394 e. The molecule has 4 rings (SSSR count). The molecule has 1 saturated carbocycles. The van der Waals surface area contributed by atoms with Crippen molar-refractivity contribution in [2.24, 2.45) is 0 Å². The number of carbonyl (C=O) groups excluding carboxylic acids is 1. The number of aryl methyl sites for hydroxylation is 1. The highest BCUT2D eigenvalue weighted by Crippen LogP contribution is 2.34. The van der Waals surface area contributed by atoms with Gasteiger partial charge in [0.15, 0.2) is 0 Å². The van der Waals surface area contributed by atoms with Gasteiger partial charge in [-0.05, 0) is 37.5 Å². The molecule has 3 N–H and O–H groups in total. The number of anilines is 1. The fourth-order valence-corrected chi connectivity index (χ4v) is 4.08. The van der Waals surface area contributed by atoms with Crippen LogP contribution in [0.2, 0.25) is 5.02 Å². The van der Waals surface area contributed by atoms with E-state index in [1.165, 1.54) is 12.5 Å². The van der Waals surface area contributed by atoms with Gasteiger partial charge in [0.2, 0.25) is 11.9 Å². The molecular formula is C23H25ClF2N6O2. The summed E-state index contributed by atoms with van der Waals surface area (Å²) in [5.74, 6) is -2.23. The third-order valence-corrected chi connectivity index (χ3v) is 6.03. The van der Waals surface area contributed by atoms with Crippen molar-refractivity contribution in [3.05, 3.63) is 64.8 Å². The minimum absolute atomic E-state index is 0.124. The van der Waals surface area contributed by atoms with Gasteiger partial charge in [0.25, 0.3) is 5.91 Å². The lowest BCUT2D eigenvalue weighted by Gasteiger charge is -2.28. The number of nitrogens with zero attached hydrogens (tertiary/aromatic N) is 4. The maximum atomic E-state index is 13.4. The van der Waals surface area contributed by atoms with Gasteiger partial charge in [-0.25, -0.2) is 18.7 Å². The van der Waals surface area contributed by atoms with Crippen molar-refractivity contribution < 1.29 is 18.7 Å². The Kier molecular flexibility index (Phi) is 7.08. The van der Waals surface area contributed by atoms with Crippen LogP contribution < -0.4 is 10.6 Å². The zero-order valence-electron chi connectivity index (χ0n) is 18.5. The molecule has 0 aliphatic heterocycles. The Bertz CT molecular complexity index is 1160. The first-order valence-corrected chi connectivity index (χ1v) is 11.3. The molecule has 11 heteroatoms. The molecule has 0 spiro atoms. The molecular weight excluding hydrogens is 466 g/mol. The minimum atomic E-state index is -2.60. The second kappa shape index (κ2) is 10.0. The number of hydrogen-bond acceptors (Lipinski definition) is 6.